The summed E-state index contributed by atoms with van der Waals surface area (Å²) in [4.78, 5) is 4.76. The van der Waals surface area contributed by atoms with Crippen molar-refractivity contribution in [2.45, 2.75) is 19.3 Å². The highest BCUT2D eigenvalue weighted by molar-refractivity contribution is 6.20. The molecule has 6 nitrogen and oxygen atoms in total. The summed E-state index contributed by atoms with van der Waals surface area (Å²) in [6.45, 7) is 14.4. The van der Waals surface area contributed by atoms with E-state index in [2.05, 4.69) is 244 Å². The van der Waals surface area contributed by atoms with Gasteiger partial charge < -0.3 is 18.3 Å². The maximum absolute atomic E-state index is 12.5. The fourth-order valence-electron chi connectivity index (χ4n) is 12.7. The second-order valence-corrected chi connectivity index (χ2v) is 19.4. The number of nitriles is 1. The Kier molecular flexibility index (Phi) is 7.88. The molecule has 330 valence electrons. The fraction of sp³-hybridized carbons (Fsp3) is 0.0462. The summed E-state index contributed by atoms with van der Waals surface area (Å²) < 4.78 is 9.19. The summed E-state index contributed by atoms with van der Waals surface area (Å²) in [6, 6.07) is 75.9. The SMILES string of the molecule is [C-]#[N+]c1c(-n2c3ccccc3c3ccccc32)c(-n2c3ccccc3c3ccccc32)c(-n2c3ccccc3c3ccccc32)c(C#N)c1-n1c2ccccc2c2c3c(ccc21)C(C)(C)c1ccccc1-3. The van der Waals surface area contributed by atoms with Crippen molar-refractivity contribution in [2.24, 2.45) is 0 Å². The third-order valence-corrected chi connectivity index (χ3v) is 15.6. The number of hydrogen-bond donors (Lipinski definition) is 0. The van der Waals surface area contributed by atoms with Gasteiger partial charge in [0.1, 0.15) is 6.07 Å². The van der Waals surface area contributed by atoms with Crippen molar-refractivity contribution in [3.05, 3.63) is 234 Å². The van der Waals surface area contributed by atoms with Crippen LogP contribution in [0.15, 0.2) is 206 Å². The lowest BCUT2D eigenvalue weighted by Crippen LogP contribution is -2.15. The van der Waals surface area contributed by atoms with Gasteiger partial charge in [-0.25, -0.2) is 4.85 Å². The number of aromatic nitrogens is 4. The van der Waals surface area contributed by atoms with Crippen LogP contribution < -0.4 is 0 Å². The van der Waals surface area contributed by atoms with Gasteiger partial charge in [-0.2, -0.15) is 5.26 Å². The molecule has 71 heavy (non-hydrogen) atoms. The van der Waals surface area contributed by atoms with E-state index in [9.17, 15) is 11.8 Å². The largest absolute Gasteiger partial charge is 0.317 e. The Hall–Kier alpha value is -9.62. The summed E-state index contributed by atoms with van der Waals surface area (Å²) in [5.41, 5.74) is 15.8. The molecule has 0 fully saturated rings. The Labute approximate surface area is 408 Å². The van der Waals surface area contributed by atoms with Crippen molar-refractivity contribution in [1.29, 1.82) is 5.26 Å². The first-order chi connectivity index (χ1) is 35.0. The summed E-state index contributed by atoms with van der Waals surface area (Å²) in [5.74, 6) is 0. The molecule has 14 aromatic rings. The number of fused-ring (bicyclic) bond motifs is 16. The summed E-state index contributed by atoms with van der Waals surface area (Å²) in [7, 11) is 0. The van der Waals surface area contributed by atoms with Gasteiger partial charge >= 0.3 is 0 Å². The highest BCUT2D eigenvalue weighted by Crippen LogP contribution is 2.56. The molecule has 0 N–H and O–H groups in total. The van der Waals surface area contributed by atoms with E-state index in [1.807, 2.05) is 0 Å². The van der Waals surface area contributed by atoms with Crippen LogP contribution in [-0.4, -0.2) is 18.3 Å². The topological polar surface area (TPSA) is 47.9 Å². The molecule has 0 radical (unpaired) electrons. The molecule has 0 spiro atoms. The Bertz CT molecular complexity index is 4450. The molecule has 0 saturated carbocycles. The van der Waals surface area contributed by atoms with Gasteiger partial charge in [0.2, 0.25) is 5.69 Å². The standard InChI is InChI=1S/C65H40N6/c1-65(2)48-28-12-4-26-45(48)58-49(65)36-37-57-59(58)46-27-11-19-35-56(46)71(57)61-47(38-66)62(68-50-29-13-5-20-39(50)40-21-6-14-30-51(40)68)64(70-54-33-17-9-24-43(54)44-25-10-18-34-55(44)70)63(60(61)67-3)69-52-31-15-7-22-41(52)42-23-8-16-32-53(42)69/h4-37H,1-2H3. The van der Waals surface area contributed by atoms with Crippen LogP contribution in [-0.2, 0) is 5.41 Å². The molecule has 0 amide bonds. The van der Waals surface area contributed by atoms with Gasteiger partial charge in [0.25, 0.3) is 0 Å². The fourth-order valence-corrected chi connectivity index (χ4v) is 12.7. The molecular weight excluding hydrogens is 865 g/mol. The van der Waals surface area contributed by atoms with Crippen molar-refractivity contribution in [1.82, 2.24) is 18.3 Å². The second kappa shape index (κ2) is 14.2. The number of nitrogens with zero attached hydrogens (tertiary/aromatic N) is 6. The van der Waals surface area contributed by atoms with E-state index in [1.165, 1.54) is 22.3 Å². The summed E-state index contributed by atoms with van der Waals surface area (Å²) in [6.07, 6.45) is 0. The van der Waals surface area contributed by atoms with Crippen LogP contribution in [0.25, 0.3) is 126 Å². The third-order valence-electron chi connectivity index (χ3n) is 15.6. The summed E-state index contributed by atoms with van der Waals surface area (Å²) >= 11 is 0. The quantitative estimate of drug-likeness (QED) is 0.162. The van der Waals surface area contributed by atoms with Gasteiger partial charge in [-0.3, -0.25) is 0 Å². The van der Waals surface area contributed by atoms with E-state index in [0.717, 1.165) is 92.9 Å². The van der Waals surface area contributed by atoms with E-state index in [1.54, 1.807) is 0 Å². The van der Waals surface area contributed by atoms with Crippen molar-refractivity contribution in [2.75, 3.05) is 0 Å². The van der Waals surface area contributed by atoms with Crippen molar-refractivity contribution < 1.29 is 0 Å². The molecule has 15 rings (SSSR count). The van der Waals surface area contributed by atoms with Gasteiger partial charge in [0.05, 0.1) is 79.0 Å². The highest BCUT2D eigenvalue weighted by atomic mass is 15.1. The van der Waals surface area contributed by atoms with E-state index < -0.39 is 0 Å². The Morgan fingerprint density at radius 3 is 1.20 bits per heavy atom. The zero-order valence-electron chi connectivity index (χ0n) is 38.8. The first-order valence-electron chi connectivity index (χ1n) is 24.1. The van der Waals surface area contributed by atoms with E-state index in [4.69, 9.17) is 4.85 Å². The van der Waals surface area contributed by atoms with Gasteiger partial charge in [0, 0.05) is 48.5 Å². The zero-order chi connectivity index (χ0) is 47.3. The third kappa shape index (κ3) is 4.98. The Balaban J connectivity index is 1.26. The molecule has 1 aliphatic carbocycles. The first-order valence-corrected chi connectivity index (χ1v) is 24.1. The van der Waals surface area contributed by atoms with Crippen molar-refractivity contribution in [3.63, 3.8) is 0 Å². The lowest BCUT2D eigenvalue weighted by Gasteiger charge is -2.27. The molecule has 0 unspecified atom stereocenters. The highest BCUT2D eigenvalue weighted by Gasteiger charge is 2.39. The molecule has 0 aliphatic heterocycles. The smallest absolute Gasteiger partial charge is 0.237 e. The van der Waals surface area contributed by atoms with Gasteiger partial charge in [-0.05, 0) is 70.8 Å². The average molecular weight is 905 g/mol. The minimum Gasteiger partial charge on any atom is -0.317 e. The van der Waals surface area contributed by atoms with Crippen molar-refractivity contribution in [3.8, 4) is 39.9 Å². The molecule has 0 atom stereocenters. The maximum atomic E-state index is 12.5. The predicted octanol–water partition coefficient (Wildman–Crippen LogP) is 16.8. The van der Waals surface area contributed by atoms with Gasteiger partial charge in [0.15, 0.2) is 0 Å². The first kappa shape index (κ1) is 39.4. The molecule has 1 aliphatic rings. The van der Waals surface area contributed by atoms with Crippen LogP contribution in [0, 0.1) is 17.9 Å². The molecule has 0 saturated heterocycles. The number of benzene rings is 10. The van der Waals surface area contributed by atoms with E-state index in [0.29, 0.717) is 28.3 Å². The van der Waals surface area contributed by atoms with Crippen LogP contribution in [0.2, 0.25) is 0 Å². The predicted molar refractivity (Wildman–Crippen MR) is 292 cm³/mol. The van der Waals surface area contributed by atoms with Gasteiger partial charge in [-0.1, -0.05) is 172 Å². The lowest BCUT2D eigenvalue weighted by atomic mass is 9.82. The van der Waals surface area contributed by atoms with E-state index >= 15 is 0 Å². The molecular formula is C65H40N6. The molecule has 4 heterocycles. The van der Waals surface area contributed by atoms with E-state index in [-0.39, 0.29) is 5.41 Å². The number of hydrogen-bond acceptors (Lipinski definition) is 1. The number of rotatable bonds is 4. The monoisotopic (exact) mass is 904 g/mol. The second-order valence-electron chi connectivity index (χ2n) is 19.4. The lowest BCUT2D eigenvalue weighted by molar-refractivity contribution is 0.661. The zero-order valence-corrected chi connectivity index (χ0v) is 38.8. The van der Waals surface area contributed by atoms with Crippen LogP contribution in [0.1, 0.15) is 30.5 Å². The molecule has 10 aromatic carbocycles. The van der Waals surface area contributed by atoms with Crippen LogP contribution in [0.5, 0.6) is 0 Å². The van der Waals surface area contributed by atoms with Crippen LogP contribution in [0.4, 0.5) is 5.69 Å². The minimum absolute atomic E-state index is 0.236. The van der Waals surface area contributed by atoms with Crippen LogP contribution >= 0.6 is 0 Å². The Morgan fingerprint density at radius 1 is 0.380 bits per heavy atom. The summed E-state index contributed by atoms with van der Waals surface area (Å²) in [5, 5.41) is 21.1. The normalized spacial score (nSPS) is 13.0. The maximum Gasteiger partial charge on any atom is 0.237 e. The van der Waals surface area contributed by atoms with Crippen molar-refractivity contribution >= 4 is 92.9 Å². The Morgan fingerprint density at radius 2 is 0.746 bits per heavy atom. The van der Waals surface area contributed by atoms with Gasteiger partial charge in [-0.15, -0.1) is 0 Å². The molecule has 4 aromatic heterocycles. The number of para-hydroxylation sites is 7. The average Bonchev–Trinajstić information content (AvgIpc) is 4.19. The molecule has 6 heteroatoms. The molecule has 0 bridgehead atoms. The minimum atomic E-state index is -0.236. The van der Waals surface area contributed by atoms with Crippen LogP contribution in [0.3, 0.4) is 0 Å².